The van der Waals surface area contributed by atoms with Crippen LogP contribution in [-0.4, -0.2) is 19.5 Å². The van der Waals surface area contributed by atoms with Crippen LogP contribution >= 0.6 is 0 Å². The van der Waals surface area contributed by atoms with Crippen molar-refractivity contribution in [3.8, 4) is 0 Å². The van der Waals surface area contributed by atoms with Crippen LogP contribution in [0.15, 0.2) is 35.2 Å². The van der Waals surface area contributed by atoms with E-state index in [2.05, 4.69) is 43.1 Å². The molecule has 0 saturated carbocycles. The maximum atomic E-state index is 12.3. The standard InChI is InChI=1S/C18H26N2O2S/c1-13(2)16-6-8-18(9-7-16)23(21,22)19-11-10-17-12-14(3)20(5)15(17)4/h6-9,12-13,19H,10-11H2,1-5H3. The van der Waals surface area contributed by atoms with Crippen LogP contribution in [0.3, 0.4) is 0 Å². The molecule has 2 rings (SSSR count). The number of aromatic nitrogens is 1. The Morgan fingerprint density at radius 3 is 2.22 bits per heavy atom. The molecule has 0 aliphatic rings. The average molecular weight is 334 g/mol. The third kappa shape index (κ3) is 4.03. The minimum atomic E-state index is -3.45. The second-order valence-electron chi connectivity index (χ2n) is 6.33. The van der Waals surface area contributed by atoms with Gasteiger partial charge in [-0.15, -0.1) is 0 Å². The van der Waals surface area contributed by atoms with E-state index in [1.165, 1.54) is 17.0 Å². The fourth-order valence-electron chi connectivity index (χ4n) is 2.62. The lowest BCUT2D eigenvalue weighted by Gasteiger charge is -2.09. The number of nitrogens with one attached hydrogen (secondary N) is 1. The van der Waals surface area contributed by atoms with Gasteiger partial charge in [0, 0.05) is 25.0 Å². The zero-order valence-corrected chi connectivity index (χ0v) is 15.4. The van der Waals surface area contributed by atoms with E-state index < -0.39 is 10.0 Å². The van der Waals surface area contributed by atoms with Crippen LogP contribution in [0, 0.1) is 13.8 Å². The number of aryl methyl sites for hydroxylation is 1. The van der Waals surface area contributed by atoms with Crippen LogP contribution < -0.4 is 4.72 Å². The van der Waals surface area contributed by atoms with Crippen molar-refractivity contribution >= 4 is 10.0 Å². The molecule has 0 saturated heterocycles. The number of sulfonamides is 1. The van der Waals surface area contributed by atoms with Gasteiger partial charge >= 0.3 is 0 Å². The molecular weight excluding hydrogens is 308 g/mol. The van der Waals surface area contributed by atoms with E-state index >= 15 is 0 Å². The summed E-state index contributed by atoms with van der Waals surface area (Å²) in [6.45, 7) is 8.69. The molecule has 0 aliphatic carbocycles. The summed E-state index contributed by atoms with van der Waals surface area (Å²) in [4.78, 5) is 0.322. The topological polar surface area (TPSA) is 51.1 Å². The van der Waals surface area contributed by atoms with Crippen molar-refractivity contribution in [2.75, 3.05) is 6.54 Å². The van der Waals surface area contributed by atoms with Crippen LogP contribution in [0.5, 0.6) is 0 Å². The van der Waals surface area contributed by atoms with Gasteiger partial charge in [0.05, 0.1) is 4.90 Å². The largest absolute Gasteiger partial charge is 0.352 e. The Bertz CT molecular complexity index is 772. The first-order valence-electron chi connectivity index (χ1n) is 7.94. The first-order chi connectivity index (χ1) is 10.7. The lowest BCUT2D eigenvalue weighted by molar-refractivity contribution is 0.581. The molecule has 0 unspecified atom stereocenters. The van der Waals surface area contributed by atoms with Crippen LogP contribution in [0.1, 0.15) is 42.3 Å². The summed E-state index contributed by atoms with van der Waals surface area (Å²) < 4.78 is 29.5. The SMILES string of the molecule is Cc1cc(CCNS(=O)(=O)c2ccc(C(C)C)cc2)c(C)n1C. The lowest BCUT2D eigenvalue weighted by Crippen LogP contribution is -2.26. The van der Waals surface area contributed by atoms with E-state index in [0.717, 1.165) is 5.56 Å². The normalized spacial score (nSPS) is 12.1. The Hall–Kier alpha value is -1.59. The van der Waals surface area contributed by atoms with Gasteiger partial charge in [-0.2, -0.15) is 0 Å². The highest BCUT2D eigenvalue weighted by Gasteiger charge is 2.14. The zero-order chi connectivity index (χ0) is 17.2. The van der Waals surface area contributed by atoms with E-state index in [1.54, 1.807) is 12.1 Å². The van der Waals surface area contributed by atoms with Crippen LogP contribution in [-0.2, 0) is 23.5 Å². The summed E-state index contributed by atoms with van der Waals surface area (Å²) in [5.41, 5.74) is 4.69. The van der Waals surface area contributed by atoms with Gasteiger partial charge < -0.3 is 4.57 Å². The van der Waals surface area contributed by atoms with E-state index in [4.69, 9.17) is 0 Å². The Morgan fingerprint density at radius 1 is 1.13 bits per heavy atom. The minimum absolute atomic E-state index is 0.322. The maximum Gasteiger partial charge on any atom is 0.240 e. The van der Waals surface area contributed by atoms with Gasteiger partial charge in [0.2, 0.25) is 10.0 Å². The Kier molecular flexibility index (Phi) is 5.32. The van der Waals surface area contributed by atoms with Crippen LogP contribution in [0.25, 0.3) is 0 Å². The number of hydrogen-bond donors (Lipinski definition) is 1. The third-order valence-corrected chi connectivity index (χ3v) is 5.90. The quantitative estimate of drug-likeness (QED) is 0.881. The summed E-state index contributed by atoms with van der Waals surface area (Å²) in [5, 5.41) is 0. The van der Waals surface area contributed by atoms with E-state index in [9.17, 15) is 8.42 Å². The molecule has 0 atom stereocenters. The number of benzene rings is 1. The summed E-state index contributed by atoms with van der Waals surface area (Å²) >= 11 is 0. The second kappa shape index (κ2) is 6.89. The highest BCUT2D eigenvalue weighted by atomic mass is 32.2. The zero-order valence-electron chi connectivity index (χ0n) is 14.6. The monoisotopic (exact) mass is 334 g/mol. The fraction of sp³-hybridized carbons (Fsp3) is 0.444. The van der Waals surface area contributed by atoms with E-state index in [0.29, 0.717) is 23.8 Å². The van der Waals surface area contributed by atoms with Gasteiger partial charge in [-0.25, -0.2) is 13.1 Å². The molecule has 0 radical (unpaired) electrons. The molecule has 0 spiro atoms. The molecule has 0 amide bonds. The predicted octanol–water partition coefficient (Wildman–Crippen LogP) is 3.29. The van der Waals surface area contributed by atoms with Gasteiger partial charge in [-0.05, 0) is 55.5 Å². The number of rotatable bonds is 6. The first kappa shape index (κ1) is 17.8. The molecule has 1 aromatic carbocycles. The minimum Gasteiger partial charge on any atom is -0.352 e. The molecule has 1 aromatic heterocycles. The highest BCUT2D eigenvalue weighted by Crippen LogP contribution is 2.17. The van der Waals surface area contributed by atoms with E-state index in [1.807, 2.05) is 19.2 Å². The number of hydrogen-bond acceptors (Lipinski definition) is 2. The molecule has 1 heterocycles. The molecular formula is C18H26N2O2S. The van der Waals surface area contributed by atoms with Crippen molar-refractivity contribution < 1.29 is 8.42 Å². The first-order valence-corrected chi connectivity index (χ1v) is 9.42. The molecule has 4 nitrogen and oxygen atoms in total. The van der Waals surface area contributed by atoms with Crippen molar-refractivity contribution in [1.82, 2.24) is 9.29 Å². The van der Waals surface area contributed by atoms with Crippen molar-refractivity contribution in [2.45, 2.75) is 44.9 Å². The van der Waals surface area contributed by atoms with Crippen molar-refractivity contribution in [2.24, 2.45) is 7.05 Å². The highest BCUT2D eigenvalue weighted by molar-refractivity contribution is 7.89. The molecule has 0 fully saturated rings. The van der Waals surface area contributed by atoms with Crippen LogP contribution in [0.2, 0.25) is 0 Å². The Labute approximate surface area is 139 Å². The summed E-state index contributed by atoms with van der Waals surface area (Å²) in [6, 6.07) is 9.22. The average Bonchev–Trinajstić information content (AvgIpc) is 2.74. The summed E-state index contributed by atoms with van der Waals surface area (Å²) in [7, 11) is -1.42. The van der Waals surface area contributed by atoms with Crippen molar-refractivity contribution in [3.63, 3.8) is 0 Å². The van der Waals surface area contributed by atoms with Gasteiger partial charge in [-0.1, -0.05) is 26.0 Å². The van der Waals surface area contributed by atoms with Gasteiger partial charge in [-0.3, -0.25) is 0 Å². The number of nitrogens with zero attached hydrogens (tertiary/aromatic N) is 1. The molecule has 0 aliphatic heterocycles. The lowest BCUT2D eigenvalue weighted by atomic mass is 10.0. The van der Waals surface area contributed by atoms with Crippen molar-refractivity contribution in [1.29, 1.82) is 0 Å². The molecule has 2 aromatic rings. The molecule has 23 heavy (non-hydrogen) atoms. The third-order valence-electron chi connectivity index (χ3n) is 4.42. The molecule has 1 N–H and O–H groups in total. The van der Waals surface area contributed by atoms with E-state index in [-0.39, 0.29) is 0 Å². The van der Waals surface area contributed by atoms with Crippen LogP contribution in [0.4, 0.5) is 0 Å². The van der Waals surface area contributed by atoms with Gasteiger partial charge in [0.1, 0.15) is 0 Å². The molecule has 0 bridgehead atoms. The smallest absolute Gasteiger partial charge is 0.240 e. The predicted molar refractivity (Wildman–Crippen MR) is 94.3 cm³/mol. The molecule has 126 valence electrons. The van der Waals surface area contributed by atoms with Gasteiger partial charge in [0.15, 0.2) is 0 Å². The Balaban J connectivity index is 2.02. The Morgan fingerprint density at radius 2 is 1.74 bits per heavy atom. The molecule has 5 heteroatoms. The van der Waals surface area contributed by atoms with Crippen molar-refractivity contribution in [3.05, 3.63) is 52.8 Å². The second-order valence-corrected chi connectivity index (χ2v) is 8.09. The van der Waals surface area contributed by atoms with Gasteiger partial charge in [0.25, 0.3) is 0 Å². The summed E-state index contributed by atoms with van der Waals surface area (Å²) in [6.07, 6.45) is 0.691. The maximum absolute atomic E-state index is 12.3. The summed E-state index contributed by atoms with van der Waals surface area (Å²) in [5.74, 6) is 0.393. The fourth-order valence-corrected chi connectivity index (χ4v) is 3.65.